The van der Waals surface area contributed by atoms with Gasteiger partial charge >= 0.3 is 0 Å². The van der Waals surface area contributed by atoms with Crippen molar-refractivity contribution in [2.75, 3.05) is 32.4 Å². The summed E-state index contributed by atoms with van der Waals surface area (Å²) in [5, 5.41) is 3.66. The zero-order chi connectivity index (χ0) is 19.4. The van der Waals surface area contributed by atoms with Gasteiger partial charge in [-0.2, -0.15) is 0 Å². The molecule has 1 heterocycles. The standard InChI is InChI=1S/C19H19N3O4S/c1-24-12-9-13(16(26-3)14(10-12)25-2)15(23)17-18(20)22-19(27-17)21-11-7-5-4-6-8-11/h4-10H,20H2,1-3H3,(H,21,22). The number of aromatic nitrogens is 1. The maximum Gasteiger partial charge on any atom is 0.210 e. The summed E-state index contributed by atoms with van der Waals surface area (Å²) in [5.41, 5.74) is 7.14. The van der Waals surface area contributed by atoms with E-state index in [2.05, 4.69) is 10.3 Å². The first-order valence-corrected chi connectivity index (χ1v) is 8.82. The minimum atomic E-state index is -0.319. The number of anilines is 3. The van der Waals surface area contributed by atoms with Gasteiger partial charge in [0.15, 0.2) is 16.6 Å². The van der Waals surface area contributed by atoms with E-state index in [0.29, 0.717) is 27.3 Å². The van der Waals surface area contributed by atoms with Gasteiger partial charge in [0.05, 0.1) is 26.9 Å². The number of hydrogen-bond acceptors (Lipinski definition) is 8. The minimum absolute atomic E-state index is 0.146. The van der Waals surface area contributed by atoms with E-state index >= 15 is 0 Å². The number of ketones is 1. The van der Waals surface area contributed by atoms with Gasteiger partial charge in [-0.05, 0) is 18.2 Å². The van der Waals surface area contributed by atoms with Crippen molar-refractivity contribution in [2.24, 2.45) is 0 Å². The highest BCUT2D eigenvalue weighted by Crippen LogP contribution is 2.39. The van der Waals surface area contributed by atoms with Gasteiger partial charge in [-0.3, -0.25) is 4.79 Å². The molecule has 7 nitrogen and oxygen atoms in total. The Morgan fingerprint density at radius 1 is 1.07 bits per heavy atom. The first kappa shape index (κ1) is 18.5. The number of nitrogens with two attached hydrogens (primary N) is 1. The third kappa shape index (κ3) is 3.80. The second-order valence-electron chi connectivity index (χ2n) is 5.46. The van der Waals surface area contributed by atoms with Crippen LogP contribution < -0.4 is 25.3 Å². The zero-order valence-corrected chi connectivity index (χ0v) is 15.9. The molecule has 3 aromatic rings. The largest absolute Gasteiger partial charge is 0.497 e. The molecule has 3 rings (SSSR count). The van der Waals surface area contributed by atoms with Crippen LogP contribution in [0, 0.1) is 0 Å². The van der Waals surface area contributed by atoms with Crippen LogP contribution in [-0.2, 0) is 0 Å². The summed E-state index contributed by atoms with van der Waals surface area (Å²) >= 11 is 1.17. The number of para-hydroxylation sites is 1. The Morgan fingerprint density at radius 3 is 2.44 bits per heavy atom. The number of carbonyl (C=O) groups excluding carboxylic acids is 1. The molecular weight excluding hydrogens is 366 g/mol. The molecule has 0 saturated carbocycles. The zero-order valence-electron chi connectivity index (χ0n) is 15.1. The number of rotatable bonds is 7. The van der Waals surface area contributed by atoms with Crippen LogP contribution in [0.4, 0.5) is 16.6 Å². The number of hydrogen-bond donors (Lipinski definition) is 2. The van der Waals surface area contributed by atoms with Crippen LogP contribution in [-0.4, -0.2) is 32.1 Å². The Hall–Kier alpha value is -3.26. The lowest BCUT2D eigenvalue weighted by Crippen LogP contribution is -2.06. The molecule has 0 spiro atoms. The fourth-order valence-corrected chi connectivity index (χ4v) is 3.40. The Bertz CT molecular complexity index is 957. The van der Waals surface area contributed by atoms with Crippen molar-refractivity contribution in [1.82, 2.24) is 4.98 Å². The van der Waals surface area contributed by atoms with Crippen LogP contribution in [0.5, 0.6) is 17.2 Å². The first-order chi connectivity index (χ1) is 13.1. The number of carbonyl (C=O) groups is 1. The summed E-state index contributed by atoms with van der Waals surface area (Å²) in [6, 6.07) is 12.8. The molecule has 0 unspecified atom stereocenters. The Kier molecular flexibility index (Phi) is 5.46. The minimum Gasteiger partial charge on any atom is -0.497 e. The van der Waals surface area contributed by atoms with E-state index in [0.717, 1.165) is 5.69 Å². The van der Waals surface area contributed by atoms with E-state index in [1.807, 2.05) is 30.3 Å². The second-order valence-corrected chi connectivity index (χ2v) is 6.46. The Morgan fingerprint density at radius 2 is 1.81 bits per heavy atom. The van der Waals surface area contributed by atoms with Gasteiger partial charge in [-0.25, -0.2) is 4.98 Å². The highest BCUT2D eigenvalue weighted by molar-refractivity contribution is 7.18. The van der Waals surface area contributed by atoms with Gasteiger partial charge in [-0.15, -0.1) is 0 Å². The predicted octanol–water partition coefficient (Wildman–Crippen LogP) is 3.73. The highest BCUT2D eigenvalue weighted by Gasteiger charge is 2.24. The maximum atomic E-state index is 13.1. The van der Waals surface area contributed by atoms with Crippen LogP contribution in [0.1, 0.15) is 15.2 Å². The molecule has 0 atom stereocenters. The lowest BCUT2D eigenvalue weighted by Gasteiger charge is -2.13. The Labute approximate surface area is 160 Å². The summed E-state index contributed by atoms with van der Waals surface area (Å²) in [6.07, 6.45) is 0. The third-order valence-electron chi connectivity index (χ3n) is 3.82. The molecule has 0 aliphatic heterocycles. The smallest absolute Gasteiger partial charge is 0.210 e. The molecule has 140 valence electrons. The van der Waals surface area contributed by atoms with Crippen molar-refractivity contribution in [1.29, 1.82) is 0 Å². The Balaban J connectivity index is 1.99. The van der Waals surface area contributed by atoms with Crippen molar-refractivity contribution in [3.8, 4) is 17.2 Å². The van der Waals surface area contributed by atoms with E-state index < -0.39 is 0 Å². The number of benzene rings is 2. The van der Waals surface area contributed by atoms with Crippen molar-refractivity contribution in [2.45, 2.75) is 0 Å². The van der Waals surface area contributed by atoms with Crippen LogP contribution in [0.25, 0.3) is 0 Å². The summed E-state index contributed by atoms with van der Waals surface area (Å²) in [4.78, 5) is 17.7. The number of ether oxygens (including phenoxy) is 3. The third-order valence-corrected chi connectivity index (χ3v) is 4.80. The second kappa shape index (κ2) is 7.96. The van der Waals surface area contributed by atoms with Gasteiger partial charge < -0.3 is 25.3 Å². The molecule has 0 amide bonds. The molecule has 3 N–H and O–H groups in total. The van der Waals surface area contributed by atoms with Gasteiger partial charge in [0, 0.05) is 11.8 Å². The van der Waals surface area contributed by atoms with Crippen molar-refractivity contribution < 1.29 is 19.0 Å². The van der Waals surface area contributed by atoms with Crippen LogP contribution >= 0.6 is 11.3 Å². The van der Waals surface area contributed by atoms with Gasteiger partial charge in [0.25, 0.3) is 0 Å². The summed E-state index contributed by atoms with van der Waals surface area (Å²) in [6.45, 7) is 0. The average Bonchev–Trinajstić information content (AvgIpc) is 3.06. The highest BCUT2D eigenvalue weighted by atomic mass is 32.1. The SMILES string of the molecule is COc1cc(OC)c(OC)c(C(=O)c2sc(Nc3ccccc3)nc2N)c1. The summed E-state index contributed by atoms with van der Waals surface area (Å²) in [5.74, 6) is 1.01. The van der Waals surface area contributed by atoms with Crippen molar-refractivity contribution in [3.05, 3.63) is 52.9 Å². The molecule has 1 aromatic heterocycles. The first-order valence-electron chi connectivity index (χ1n) is 8.00. The topological polar surface area (TPSA) is 95.7 Å². The molecule has 0 radical (unpaired) electrons. The van der Waals surface area contributed by atoms with Gasteiger partial charge in [0.2, 0.25) is 5.78 Å². The quantitative estimate of drug-likeness (QED) is 0.598. The molecule has 2 aromatic carbocycles. The molecule has 0 bridgehead atoms. The summed E-state index contributed by atoms with van der Waals surface area (Å²) < 4.78 is 15.9. The van der Waals surface area contributed by atoms with E-state index in [1.165, 1.54) is 32.7 Å². The van der Waals surface area contributed by atoms with Crippen LogP contribution in [0.2, 0.25) is 0 Å². The molecule has 0 fully saturated rings. The fraction of sp³-hybridized carbons (Fsp3) is 0.158. The van der Waals surface area contributed by atoms with E-state index in [1.54, 1.807) is 12.1 Å². The van der Waals surface area contributed by atoms with Gasteiger partial charge in [-0.1, -0.05) is 29.5 Å². The number of thiazole rings is 1. The lowest BCUT2D eigenvalue weighted by atomic mass is 10.1. The van der Waals surface area contributed by atoms with Gasteiger partial charge in [0.1, 0.15) is 16.4 Å². The van der Waals surface area contributed by atoms with Crippen LogP contribution in [0.15, 0.2) is 42.5 Å². The van der Waals surface area contributed by atoms with E-state index in [9.17, 15) is 4.79 Å². The molecule has 27 heavy (non-hydrogen) atoms. The van der Waals surface area contributed by atoms with Crippen molar-refractivity contribution in [3.63, 3.8) is 0 Å². The predicted molar refractivity (Wildman–Crippen MR) is 106 cm³/mol. The molecule has 0 aliphatic carbocycles. The monoisotopic (exact) mass is 385 g/mol. The normalized spacial score (nSPS) is 10.3. The fourth-order valence-electron chi connectivity index (χ4n) is 2.54. The number of nitrogen functional groups attached to an aromatic ring is 1. The molecule has 0 aliphatic rings. The number of nitrogens with one attached hydrogen (secondary N) is 1. The average molecular weight is 385 g/mol. The summed E-state index contributed by atoms with van der Waals surface area (Å²) in [7, 11) is 4.48. The molecular formula is C19H19N3O4S. The number of methoxy groups -OCH3 is 3. The lowest BCUT2D eigenvalue weighted by molar-refractivity contribution is 0.103. The van der Waals surface area contributed by atoms with Crippen molar-refractivity contribution >= 4 is 33.8 Å². The maximum absolute atomic E-state index is 13.1. The van der Waals surface area contributed by atoms with E-state index in [4.69, 9.17) is 19.9 Å². The van der Waals surface area contributed by atoms with E-state index in [-0.39, 0.29) is 17.2 Å². The number of nitrogens with zero attached hydrogens (tertiary/aromatic N) is 1. The molecule has 8 heteroatoms. The van der Waals surface area contributed by atoms with Crippen LogP contribution in [0.3, 0.4) is 0 Å². The molecule has 0 saturated heterocycles.